The average Bonchev–Trinajstić information content (AvgIpc) is 3.03. The quantitative estimate of drug-likeness (QED) is 0.771. The number of fused-ring (bicyclic) bond motifs is 1. The van der Waals surface area contributed by atoms with Gasteiger partial charge in [0.05, 0.1) is 0 Å². The zero-order chi connectivity index (χ0) is 13.4. The standard InChI is InChI=1S/C16H17NO2/c1-3-12-5-7-14(18-12)16(17)15-9-11-8-10(2)4-6-13(11)19-15/h4-9,16H,3,17H2,1-2H3. The molecule has 2 heterocycles. The lowest BCUT2D eigenvalue weighted by atomic mass is 10.1. The zero-order valence-corrected chi connectivity index (χ0v) is 11.1. The van der Waals surface area contributed by atoms with E-state index in [1.165, 1.54) is 5.56 Å². The summed E-state index contributed by atoms with van der Waals surface area (Å²) in [5.41, 5.74) is 8.27. The van der Waals surface area contributed by atoms with Crippen LogP contribution >= 0.6 is 0 Å². The van der Waals surface area contributed by atoms with Gasteiger partial charge in [0.1, 0.15) is 28.9 Å². The van der Waals surface area contributed by atoms with E-state index >= 15 is 0 Å². The van der Waals surface area contributed by atoms with Crippen molar-refractivity contribution in [3.05, 3.63) is 59.2 Å². The van der Waals surface area contributed by atoms with E-state index in [0.29, 0.717) is 0 Å². The molecule has 0 fully saturated rings. The normalized spacial score (nSPS) is 13.0. The molecule has 0 amide bonds. The average molecular weight is 255 g/mol. The molecule has 1 atom stereocenters. The van der Waals surface area contributed by atoms with Crippen LogP contribution in [0.15, 0.2) is 45.2 Å². The summed E-state index contributed by atoms with van der Waals surface area (Å²) in [7, 11) is 0. The monoisotopic (exact) mass is 255 g/mol. The largest absolute Gasteiger partial charge is 0.464 e. The van der Waals surface area contributed by atoms with Gasteiger partial charge in [0.15, 0.2) is 0 Å². The van der Waals surface area contributed by atoms with E-state index in [9.17, 15) is 0 Å². The van der Waals surface area contributed by atoms with Gasteiger partial charge >= 0.3 is 0 Å². The van der Waals surface area contributed by atoms with Crippen LogP contribution < -0.4 is 5.73 Å². The second-order valence-electron chi connectivity index (χ2n) is 4.83. The Labute approximate surface area is 112 Å². The van der Waals surface area contributed by atoms with E-state index in [-0.39, 0.29) is 6.04 Å². The van der Waals surface area contributed by atoms with E-state index in [2.05, 4.69) is 19.9 Å². The Morgan fingerprint density at radius 3 is 2.63 bits per heavy atom. The lowest BCUT2D eigenvalue weighted by molar-refractivity contribution is 0.424. The van der Waals surface area contributed by atoms with Crippen LogP contribution in [-0.4, -0.2) is 0 Å². The van der Waals surface area contributed by atoms with Gasteiger partial charge in [0.2, 0.25) is 0 Å². The third-order valence-electron chi connectivity index (χ3n) is 3.33. The predicted octanol–water partition coefficient (Wildman–Crippen LogP) is 3.94. The van der Waals surface area contributed by atoms with Gasteiger partial charge in [-0.05, 0) is 37.3 Å². The van der Waals surface area contributed by atoms with Crippen molar-refractivity contribution in [2.45, 2.75) is 26.3 Å². The van der Waals surface area contributed by atoms with Crippen LogP contribution in [-0.2, 0) is 6.42 Å². The fourth-order valence-electron chi connectivity index (χ4n) is 2.23. The third-order valence-corrected chi connectivity index (χ3v) is 3.33. The minimum Gasteiger partial charge on any atom is -0.464 e. The first-order chi connectivity index (χ1) is 9.17. The molecule has 2 N–H and O–H groups in total. The van der Waals surface area contributed by atoms with Crippen LogP contribution in [0.1, 0.15) is 35.8 Å². The van der Waals surface area contributed by atoms with Crippen molar-refractivity contribution in [1.82, 2.24) is 0 Å². The first-order valence-electron chi connectivity index (χ1n) is 6.51. The lowest BCUT2D eigenvalue weighted by Gasteiger charge is -2.04. The Morgan fingerprint density at radius 2 is 1.89 bits per heavy atom. The summed E-state index contributed by atoms with van der Waals surface area (Å²) >= 11 is 0. The molecule has 3 nitrogen and oxygen atoms in total. The Kier molecular flexibility index (Phi) is 2.91. The molecule has 0 saturated carbocycles. The summed E-state index contributed by atoms with van der Waals surface area (Å²) in [5.74, 6) is 2.42. The first kappa shape index (κ1) is 12.1. The van der Waals surface area contributed by atoms with Crippen molar-refractivity contribution in [1.29, 1.82) is 0 Å². The summed E-state index contributed by atoms with van der Waals surface area (Å²) < 4.78 is 11.5. The summed E-state index contributed by atoms with van der Waals surface area (Å²) in [4.78, 5) is 0. The molecule has 0 spiro atoms. The Morgan fingerprint density at radius 1 is 1.05 bits per heavy atom. The second-order valence-corrected chi connectivity index (χ2v) is 4.83. The molecule has 3 aromatic rings. The molecule has 1 aromatic carbocycles. The molecule has 2 aromatic heterocycles. The lowest BCUT2D eigenvalue weighted by Crippen LogP contribution is -2.09. The topological polar surface area (TPSA) is 52.3 Å². The molecule has 3 heteroatoms. The number of hydrogen-bond acceptors (Lipinski definition) is 3. The van der Waals surface area contributed by atoms with Gasteiger partial charge in [-0.2, -0.15) is 0 Å². The number of aryl methyl sites for hydroxylation is 2. The SMILES string of the molecule is CCc1ccc(C(N)c2cc3cc(C)ccc3o2)o1. The van der Waals surface area contributed by atoms with E-state index in [1.807, 2.05) is 30.3 Å². The van der Waals surface area contributed by atoms with E-state index < -0.39 is 0 Å². The van der Waals surface area contributed by atoms with Gasteiger partial charge in [0.25, 0.3) is 0 Å². The minimum atomic E-state index is -0.354. The van der Waals surface area contributed by atoms with Crippen molar-refractivity contribution >= 4 is 11.0 Å². The van der Waals surface area contributed by atoms with Crippen molar-refractivity contribution in [2.75, 3.05) is 0 Å². The van der Waals surface area contributed by atoms with Gasteiger partial charge in [-0.25, -0.2) is 0 Å². The predicted molar refractivity (Wildman–Crippen MR) is 75.1 cm³/mol. The summed E-state index contributed by atoms with van der Waals surface area (Å²) in [6.07, 6.45) is 0.867. The molecule has 3 rings (SSSR count). The molecule has 0 aliphatic rings. The molecule has 0 aliphatic heterocycles. The highest BCUT2D eigenvalue weighted by Crippen LogP contribution is 2.28. The smallest absolute Gasteiger partial charge is 0.134 e. The van der Waals surface area contributed by atoms with Gasteiger partial charge < -0.3 is 14.6 Å². The van der Waals surface area contributed by atoms with Crippen molar-refractivity contribution in [3.63, 3.8) is 0 Å². The molecule has 98 valence electrons. The third kappa shape index (κ3) is 2.17. The highest BCUT2D eigenvalue weighted by molar-refractivity contribution is 5.78. The van der Waals surface area contributed by atoms with Gasteiger partial charge in [-0.15, -0.1) is 0 Å². The molecule has 0 saturated heterocycles. The number of benzene rings is 1. The molecule has 0 aliphatic carbocycles. The summed E-state index contributed by atoms with van der Waals surface area (Å²) in [6, 6.07) is 11.6. The van der Waals surface area contributed by atoms with Crippen molar-refractivity contribution in [3.8, 4) is 0 Å². The van der Waals surface area contributed by atoms with Gasteiger partial charge in [-0.1, -0.05) is 18.6 Å². The summed E-state index contributed by atoms with van der Waals surface area (Å²) in [5, 5.41) is 1.08. The van der Waals surface area contributed by atoms with Crippen LogP contribution in [0.5, 0.6) is 0 Å². The maximum atomic E-state index is 6.20. The molecule has 0 bridgehead atoms. The highest BCUT2D eigenvalue weighted by atomic mass is 16.4. The maximum absolute atomic E-state index is 6.20. The second kappa shape index (κ2) is 4.59. The molecule has 0 radical (unpaired) electrons. The first-order valence-corrected chi connectivity index (χ1v) is 6.51. The van der Waals surface area contributed by atoms with Crippen molar-refractivity contribution in [2.24, 2.45) is 5.73 Å². The van der Waals surface area contributed by atoms with E-state index in [1.54, 1.807) is 0 Å². The molecule has 19 heavy (non-hydrogen) atoms. The molecule has 1 unspecified atom stereocenters. The van der Waals surface area contributed by atoms with Crippen LogP contribution in [0.2, 0.25) is 0 Å². The molecular formula is C16H17NO2. The Balaban J connectivity index is 1.98. The number of hydrogen-bond donors (Lipinski definition) is 1. The zero-order valence-electron chi connectivity index (χ0n) is 11.1. The van der Waals surface area contributed by atoms with Gasteiger partial charge in [0, 0.05) is 11.8 Å². The fraction of sp³-hybridized carbons (Fsp3) is 0.250. The van der Waals surface area contributed by atoms with Crippen LogP contribution in [0, 0.1) is 6.92 Å². The fourth-order valence-corrected chi connectivity index (χ4v) is 2.23. The maximum Gasteiger partial charge on any atom is 0.134 e. The van der Waals surface area contributed by atoms with Crippen molar-refractivity contribution < 1.29 is 8.83 Å². The number of furan rings is 2. The number of rotatable bonds is 3. The number of nitrogens with two attached hydrogens (primary N) is 1. The summed E-state index contributed by atoms with van der Waals surface area (Å²) in [6.45, 7) is 4.12. The van der Waals surface area contributed by atoms with E-state index in [4.69, 9.17) is 14.6 Å². The van der Waals surface area contributed by atoms with Crippen LogP contribution in [0.3, 0.4) is 0 Å². The molecular weight excluding hydrogens is 238 g/mol. The Hall–Kier alpha value is -2.00. The van der Waals surface area contributed by atoms with Crippen LogP contribution in [0.4, 0.5) is 0 Å². The minimum absolute atomic E-state index is 0.354. The van der Waals surface area contributed by atoms with Crippen LogP contribution in [0.25, 0.3) is 11.0 Å². The highest BCUT2D eigenvalue weighted by Gasteiger charge is 2.17. The van der Waals surface area contributed by atoms with Gasteiger partial charge in [-0.3, -0.25) is 0 Å². The van der Waals surface area contributed by atoms with E-state index in [0.717, 1.165) is 34.7 Å². The Bertz CT molecular complexity index is 708.